The van der Waals surface area contributed by atoms with Gasteiger partial charge in [0.25, 0.3) is 0 Å². The second-order valence-corrected chi connectivity index (χ2v) is 5.21. The lowest BCUT2D eigenvalue weighted by Crippen LogP contribution is -2.29. The molecule has 0 unspecified atom stereocenters. The third-order valence-electron chi connectivity index (χ3n) is 3.59. The highest BCUT2D eigenvalue weighted by atomic mass is 15.1. The second-order valence-electron chi connectivity index (χ2n) is 5.21. The van der Waals surface area contributed by atoms with Gasteiger partial charge in [-0.1, -0.05) is 6.92 Å². The lowest BCUT2D eigenvalue weighted by molar-refractivity contribution is 0.253. The molecule has 1 aromatic heterocycles. The minimum absolute atomic E-state index is 0.614. The van der Waals surface area contributed by atoms with Crippen LogP contribution in [0, 0.1) is 6.92 Å². The summed E-state index contributed by atoms with van der Waals surface area (Å²) in [5, 5.41) is 3.30. The van der Waals surface area contributed by atoms with Crippen molar-refractivity contribution in [1.82, 2.24) is 20.2 Å². The summed E-state index contributed by atoms with van der Waals surface area (Å²) in [5.41, 5.74) is 2.33. The quantitative estimate of drug-likeness (QED) is 0.880. The number of aryl methyl sites for hydroxylation is 1. The second kappa shape index (κ2) is 6.25. The van der Waals surface area contributed by atoms with Crippen LogP contribution in [0.5, 0.6) is 0 Å². The van der Waals surface area contributed by atoms with Crippen LogP contribution in [0.15, 0.2) is 6.07 Å². The average molecular weight is 248 g/mol. The molecule has 1 N–H and O–H groups in total. The molecular weight excluding hydrogens is 224 g/mol. The van der Waals surface area contributed by atoms with Gasteiger partial charge in [0.2, 0.25) is 0 Å². The van der Waals surface area contributed by atoms with Gasteiger partial charge in [-0.05, 0) is 52.5 Å². The molecule has 0 atom stereocenters. The van der Waals surface area contributed by atoms with Crippen LogP contribution in [0.4, 0.5) is 0 Å². The third kappa shape index (κ3) is 3.50. The van der Waals surface area contributed by atoms with E-state index in [1.165, 1.54) is 31.6 Å². The Hall–Kier alpha value is -1.00. The van der Waals surface area contributed by atoms with Crippen molar-refractivity contribution < 1.29 is 0 Å². The van der Waals surface area contributed by atoms with Gasteiger partial charge in [-0.25, -0.2) is 9.97 Å². The number of aromatic nitrogens is 2. The Morgan fingerprint density at radius 1 is 1.33 bits per heavy atom. The summed E-state index contributed by atoms with van der Waals surface area (Å²) in [7, 11) is 2.19. The summed E-state index contributed by atoms with van der Waals surface area (Å²) in [6, 6.07) is 2.16. The molecule has 4 nitrogen and oxygen atoms in total. The number of hydrogen-bond donors (Lipinski definition) is 1. The van der Waals surface area contributed by atoms with Crippen LogP contribution in [0.1, 0.15) is 42.9 Å². The molecule has 0 spiro atoms. The molecule has 1 aromatic rings. The first kappa shape index (κ1) is 13.4. The fraction of sp³-hybridized carbons (Fsp3) is 0.714. The standard InChI is InChI=1S/C14H24N4/c1-4-15-10-14-16-11(2)9-13(17-14)12-5-7-18(3)8-6-12/h9,12,15H,4-8,10H2,1-3H3. The Kier molecular flexibility index (Phi) is 4.66. The maximum Gasteiger partial charge on any atom is 0.142 e. The van der Waals surface area contributed by atoms with Crippen LogP contribution < -0.4 is 5.32 Å². The smallest absolute Gasteiger partial charge is 0.142 e. The molecule has 4 heteroatoms. The topological polar surface area (TPSA) is 41.1 Å². The lowest BCUT2D eigenvalue weighted by atomic mass is 9.93. The van der Waals surface area contributed by atoms with E-state index in [2.05, 4.69) is 42.2 Å². The zero-order valence-electron chi connectivity index (χ0n) is 11.7. The molecule has 1 saturated heterocycles. The molecule has 0 radical (unpaired) electrons. The first-order valence-electron chi connectivity index (χ1n) is 6.92. The van der Waals surface area contributed by atoms with Crippen LogP contribution in [0.2, 0.25) is 0 Å². The molecule has 0 saturated carbocycles. The minimum Gasteiger partial charge on any atom is -0.310 e. The number of piperidine rings is 1. The molecular formula is C14H24N4. The lowest BCUT2D eigenvalue weighted by Gasteiger charge is -2.28. The molecule has 0 bridgehead atoms. The maximum absolute atomic E-state index is 4.73. The Morgan fingerprint density at radius 3 is 2.72 bits per heavy atom. The number of nitrogens with zero attached hydrogens (tertiary/aromatic N) is 3. The van der Waals surface area contributed by atoms with Gasteiger partial charge in [-0.2, -0.15) is 0 Å². The molecule has 2 rings (SSSR count). The Bertz CT molecular complexity index is 383. The van der Waals surface area contributed by atoms with E-state index in [0.717, 1.165) is 24.6 Å². The van der Waals surface area contributed by atoms with Crippen LogP contribution in [-0.4, -0.2) is 41.5 Å². The molecule has 0 aromatic carbocycles. The van der Waals surface area contributed by atoms with Gasteiger partial charge in [0.1, 0.15) is 5.82 Å². The van der Waals surface area contributed by atoms with E-state index < -0.39 is 0 Å². The molecule has 2 heterocycles. The largest absolute Gasteiger partial charge is 0.310 e. The molecule has 1 aliphatic heterocycles. The monoisotopic (exact) mass is 248 g/mol. The van der Waals surface area contributed by atoms with Crippen molar-refractivity contribution in [3.63, 3.8) is 0 Å². The Balaban J connectivity index is 2.09. The fourth-order valence-corrected chi connectivity index (χ4v) is 2.49. The van der Waals surface area contributed by atoms with E-state index in [4.69, 9.17) is 4.98 Å². The summed E-state index contributed by atoms with van der Waals surface area (Å²) in [6.07, 6.45) is 2.43. The van der Waals surface area contributed by atoms with Gasteiger partial charge in [-0.15, -0.1) is 0 Å². The van der Waals surface area contributed by atoms with Crippen molar-refractivity contribution in [3.05, 3.63) is 23.3 Å². The van der Waals surface area contributed by atoms with Crippen molar-refractivity contribution in [2.24, 2.45) is 0 Å². The predicted octanol–water partition coefficient (Wildman–Crippen LogP) is 1.70. The Morgan fingerprint density at radius 2 is 2.06 bits per heavy atom. The van der Waals surface area contributed by atoms with Gasteiger partial charge >= 0.3 is 0 Å². The van der Waals surface area contributed by atoms with Gasteiger partial charge in [0.15, 0.2) is 0 Å². The van der Waals surface area contributed by atoms with Gasteiger partial charge in [0, 0.05) is 17.3 Å². The molecule has 0 aliphatic carbocycles. The van der Waals surface area contributed by atoms with Gasteiger partial charge in [0.05, 0.1) is 6.54 Å². The number of hydrogen-bond acceptors (Lipinski definition) is 4. The zero-order chi connectivity index (χ0) is 13.0. The maximum atomic E-state index is 4.73. The van der Waals surface area contributed by atoms with E-state index in [9.17, 15) is 0 Å². The highest BCUT2D eigenvalue weighted by Crippen LogP contribution is 2.26. The van der Waals surface area contributed by atoms with Crippen molar-refractivity contribution in [2.75, 3.05) is 26.7 Å². The molecule has 18 heavy (non-hydrogen) atoms. The molecule has 1 fully saturated rings. The average Bonchev–Trinajstić information content (AvgIpc) is 2.36. The first-order chi connectivity index (χ1) is 8.69. The van der Waals surface area contributed by atoms with Crippen molar-refractivity contribution >= 4 is 0 Å². The summed E-state index contributed by atoms with van der Waals surface area (Å²) in [5.74, 6) is 1.55. The number of rotatable bonds is 4. The van der Waals surface area contributed by atoms with E-state index in [-0.39, 0.29) is 0 Å². The minimum atomic E-state index is 0.614. The predicted molar refractivity (Wildman–Crippen MR) is 73.6 cm³/mol. The fourth-order valence-electron chi connectivity index (χ4n) is 2.49. The van der Waals surface area contributed by atoms with E-state index in [1.807, 2.05) is 0 Å². The van der Waals surface area contributed by atoms with Gasteiger partial charge in [-0.3, -0.25) is 0 Å². The molecule has 0 amide bonds. The van der Waals surface area contributed by atoms with Crippen LogP contribution in [0.3, 0.4) is 0 Å². The summed E-state index contributed by atoms with van der Waals surface area (Å²) in [4.78, 5) is 11.6. The van der Waals surface area contributed by atoms with Crippen LogP contribution >= 0.6 is 0 Å². The number of likely N-dealkylation sites (tertiary alicyclic amines) is 1. The van der Waals surface area contributed by atoms with Crippen molar-refractivity contribution in [3.8, 4) is 0 Å². The SMILES string of the molecule is CCNCc1nc(C)cc(C2CCN(C)CC2)n1. The normalized spacial score (nSPS) is 18.2. The summed E-state index contributed by atoms with van der Waals surface area (Å²) >= 11 is 0. The van der Waals surface area contributed by atoms with Gasteiger partial charge < -0.3 is 10.2 Å². The Labute approximate surface area is 110 Å². The van der Waals surface area contributed by atoms with E-state index in [1.54, 1.807) is 0 Å². The molecule has 100 valence electrons. The van der Waals surface area contributed by atoms with Crippen LogP contribution in [0.25, 0.3) is 0 Å². The highest BCUT2D eigenvalue weighted by Gasteiger charge is 2.20. The summed E-state index contributed by atoms with van der Waals surface area (Å²) < 4.78 is 0. The zero-order valence-corrected chi connectivity index (χ0v) is 11.7. The van der Waals surface area contributed by atoms with E-state index >= 15 is 0 Å². The highest BCUT2D eigenvalue weighted by molar-refractivity contribution is 5.15. The summed E-state index contributed by atoms with van der Waals surface area (Å²) in [6.45, 7) is 8.26. The molecule has 1 aliphatic rings. The first-order valence-corrected chi connectivity index (χ1v) is 6.92. The van der Waals surface area contributed by atoms with Crippen LogP contribution in [-0.2, 0) is 6.54 Å². The van der Waals surface area contributed by atoms with E-state index in [0.29, 0.717) is 5.92 Å². The number of nitrogens with one attached hydrogen (secondary N) is 1. The van der Waals surface area contributed by atoms with Crippen molar-refractivity contribution in [2.45, 2.75) is 39.2 Å². The van der Waals surface area contributed by atoms with Crippen molar-refractivity contribution in [1.29, 1.82) is 0 Å². The third-order valence-corrected chi connectivity index (χ3v) is 3.59.